The fraction of sp³-hybridized carbons (Fsp3) is 0.812. The van der Waals surface area contributed by atoms with Gasteiger partial charge in [0.15, 0.2) is 0 Å². The summed E-state index contributed by atoms with van der Waals surface area (Å²) < 4.78 is 0. The molecule has 0 bridgehead atoms. The Bertz CT molecular complexity index is 919. The molecule has 1 aromatic carbocycles. The summed E-state index contributed by atoms with van der Waals surface area (Å²) in [6.07, 6.45) is 21.1. The second-order valence-corrected chi connectivity index (χ2v) is 16.9. The predicted molar refractivity (Wildman–Crippen MR) is 146 cm³/mol. The molecule has 1 aromatic rings. The van der Waals surface area contributed by atoms with E-state index in [0.717, 1.165) is 68.3 Å². The maximum absolute atomic E-state index is 2.78. The summed E-state index contributed by atoms with van der Waals surface area (Å²) in [4.78, 5) is 0. The predicted octanol–water partition coefficient (Wildman–Crippen LogP) is 7.74. The third-order valence-corrected chi connectivity index (χ3v) is 16.6. The molecule has 6 fully saturated rings. The van der Waals surface area contributed by atoms with E-state index in [0.29, 0.717) is 0 Å². The summed E-state index contributed by atoms with van der Waals surface area (Å²) in [5.41, 5.74) is 7.20. The van der Waals surface area contributed by atoms with Crippen LogP contribution in [-0.4, -0.2) is 21.0 Å². The van der Waals surface area contributed by atoms with Gasteiger partial charge in [0.05, 0.1) is 0 Å². The van der Waals surface area contributed by atoms with Gasteiger partial charge in [0.2, 0.25) is 0 Å². The van der Waals surface area contributed by atoms with Crippen LogP contribution in [0, 0.1) is 47.3 Å². The van der Waals surface area contributed by atoms with Gasteiger partial charge < -0.3 is 0 Å². The van der Waals surface area contributed by atoms with Crippen LogP contribution in [0.5, 0.6) is 0 Å². The molecular formula is C32H42S2. The highest BCUT2D eigenvalue weighted by molar-refractivity contribution is 8.01. The number of hydrogen-bond acceptors (Lipinski definition) is 2. The molecule has 4 saturated carbocycles. The van der Waals surface area contributed by atoms with Gasteiger partial charge in [0.1, 0.15) is 0 Å². The second kappa shape index (κ2) is 7.72. The van der Waals surface area contributed by atoms with Crippen molar-refractivity contribution >= 4 is 23.5 Å². The minimum atomic E-state index is 1.01. The van der Waals surface area contributed by atoms with E-state index < -0.39 is 0 Å². The molecule has 0 nitrogen and oxygen atoms in total. The van der Waals surface area contributed by atoms with Crippen LogP contribution in [0.4, 0.5) is 0 Å². The van der Waals surface area contributed by atoms with E-state index in [1.165, 1.54) is 64.2 Å². The van der Waals surface area contributed by atoms with Crippen molar-refractivity contribution < 1.29 is 0 Å². The number of thioether (sulfide) groups is 2. The van der Waals surface area contributed by atoms with Crippen LogP contribution in [0.25, 0.3) is 0 Å². The van der Waals surface area contributed by atoms with Crippen molar-refractivity contribution in [2.24, 2.45) is 47.3 Å². The van der Waals surface area contributed by atoms with Crippen molar-refractivity contribution in [1.82, 2.24) is 0 Å². The molecule has 0 N–H and O–H groups in total. The van der Waals surface area contributed by atoms with Crippen LogP contribution in [0.2, 0.25) is 0 Å². The van der Waals surface area contributed by atoms with Crippen LogP contribution in [0.1, 0.15) is 86.5 Å². The summed E-state index contributed by atoms with van der Waals surface area (Å²) >= 11 is 4.97. The number of hydrogen-bond donors (Lipinski definition) is 0. The summed E-state index contributed by atoms with van der Waals surface area (Å²) in [7, 11) is 0. The summed E-state index contributed by atoms with van der Waals surface area (Å²) in [6.45, 7) is 0. The average molecular weight is 491 g/mol. The van der Waals surface area contributed by atoms with Gasteiger partial charge in [-0.3, -0.25) is 0 Å². The van der Waals surface area contributed by atoms with Crippen molar-refractivity contribution in [2.45, 2.75) is 111 Å². The second-order valence-electron chi connectivity index (χ2n) is 14.0. The minimum Gasteiger partial charge on any atom is -0.154 e. The zero-order chi connectivity index (χ0) is 22.0. The van der Waals surface area contributed by atoms with Crippen LogP contribution >= 0.6 is 23.5 Å². The fourth-order valence-corrected chi connectivity index (χ4v) is 15.9. The standard InChI is InChI=1S/C32H42S2/c1-3-7-29-23(5-1)27-15-21-11-17-9-20-14-26-22(12-18(20)10-19(17)13-25(21)31(27)33-29)16-28-24-6-2-4-8-30(24)34-32(26)28/h9-10,21-32H,1-8,11-16H2. The maximum Gasteiger partial charge on any atom is 0.0115 e. The lowest BCUT2D eigenvalue weighted by Gasteiger charge is -2.36. The molecule has 12 atom stereocenters. The Hall–Kier alpha value is -0.0800. The van der Waals surface area contributed by atoms with Crippen molar-refractivity contribution in [3.05, 3.63) is 34.4 Å². The molecule has 2 saturated heterocycles. The van der Waals surface area contributed by atoms with Gasteiger partial charge in [-0.05, 0) is 134 Å². The van der Waals surface area contributed by atoms with Gasteiger partial charge in [0, 0.05) is 21.0 Å². The molecule has 9 rings (SSSR count). The van der Waals surface area contributed by atoms with Gasteiger partial charge in [-0.2, -0.15) is 23.5 Å². The highest BCUT2D eigenvalue weighted by Gasteiger charge is 2.56. The van der Waals surface area contributed by atoms with Gasteiger partial charge in [-0.1, -0.05) is 37.8 Å². The smallest absolute Gasteiger partial charge is 0.0115 e. The van der Waals surface area contributed by atoms with Crippen molar-refractivity contribution in [1.29, 1.82) is 0 Å². The first-order chi connectivity index (χ1) is 16.8. The van der Waals surface area contributed by atoms with E-state index in [-0.39, 0.29) is 0 Å². The quantitative estimate of drug-likeness (QED) is 0.365. The minimum absolute atomic E-state index is 1.01. The largest absolute Gasteiger partial charge is 0.154 e. The summed E-state index contributed by atoms with van der Waals surface area (Å²) in [5.74, 6) is 8.37. The fourth-order valence-electron chi connectivity index (χ4n) is 11.4. The van der Waals surface area contributed by atoms with E-state index in [2.05, 4.69) is 35.7 Å². The van der Waals surface area contributed by atoms with Gasteiger partial charge in [-0.15, -0.1) is 0 Å². The van der Waals surface area contributed by atoms with Crippen LogP contribution in [0.3, 0.4) is 0 Å². The molecule has 34 heavy (non-hydrogen) atoms. The number of fused-ring (bicyclic) bond motifs is 12. The van der Waals surface area contributed by atoms with E-state index in [9.17, 15) is 0 Å². The Morgan fingerprint density at radius 3 is 1.41 bits per heavy atom. The van der Waals surface area contributed by atoms with E-state index in [4.69, 9.17) is 0 Å². The average Bonchev–Trinajstić information content (AvgIpc) is 3.58. The molecule has 0 radical (unpaired) electrons. The lowest BCUT2D eigenvalue weighted by Crippen LogP contribution is -2.30. The molecular weight excluding hydrogens is 448 g/mol. The van der Waals surface area contributed by atoms with Crippen molar-refractivity contribution in [2.75, 3.05) is 0 Å². The molecule has 2 aliphatic heterocycles. The lowest BCUT2D eigenvalue weighted by molar-refractivity contribution is 0.276. The summed E-state index contributed by atoms with van der Waals surface area (Å²) in [5, 5.41) is 4.10. The highest BCUT2D eigenvalue weighted by atomic mass is 32.2. The zero-order valence-corrected chi connectivity index (χ0v) is 22.4. The molecule has 12 unspecified atom stereocenters. The molecule has 182 valence electrons. The molecule has 2 heterocycles. The van der Waals surface area contributed by atoms with Crippen molar-refractivity contribution in [3.8, 4) is 0 Å². The third-order valence-electron chi connectivity index (χ3n) is 12.7. The van der Waals surface area contributed by atoms with Crippen LogP contribution < -0.4 is 0 Å². The first-order valence-corrected chi connectivity index (χ1v) is 17.1. The molecule has 0 aromatic heterocycles. The SMILES string of the molecule is c1c2c(cc3c1CC1C(C3)CC3C4CCCCC4SC13)CC1C(C2)CC2C3CCCCC3SC12. The lowest BCUT2D eigenvalue weighted by atomic mass is 9.72. The Morgan fingerprint density at radius 1 is 0.471 bits per heavy atom. The molecule has 0 spiro atoms. The number of rotatable bonds is 0. The molecule has 6 aliphatic carbocycles. The first-order valence-electron chi connectivity index (χ1n) is 15.2. The van der Waals surface area contributed by atoms with Crippen molar-refractivity contribution in [3.63, 3.8) is 0 Å². The summed E-state index contributed by atoms with van der Waals surface area (Å²) in [6, 6.07) is 5.56. The molecule has 8 aliphatic rings. The maximum atomic E-state index is 2.78. The van der Waals surface area contributed by atoms with E-state index in [1.807, 2.05) is 0 Å². The Morgan fingerprint density at radius 2 is 0.912 bits per heavy atom. The normalized spacial score (nSPS) is 52.0. The highest BCUT2D eigenvalue weighted by Crippen LogP contribution is 2.63. The Kier molecular flexibility index (Phi) is 4.75. The zero-order valence-electron chi connectivity index (χ0n) is 20.8. The first kappa shape index (κ1) is 20.9. The Labute approximate surface area is 215 Å². The van der Waals surface area contributed by atoms with Gasteiger partial charge >= 0.3 is 0 Å². The van der Waals surface area contributed by atoms with Crippen LogP contribution in [-0.2, 0) is 25.7 Å². The van der Waals surface area contributed by atoms with E-state index in [1.54, 1.807) is 47.9 Å². The topological polar surface area (TPSA) is 0 Å². The van der Waals surface area contributed by atoms with E-state index >= 15 is 0 Å². The van der Waals surface area contributed by atoms with Gasteiger partial charge in [-0.25, -0.2) is 0 Å². The van der Waals surface area contributed by atoms with Crippen LogP contribution in [0.15, 0.2) is 12.1 Å². The Balaban J connectivity index is 0.979. The molecule has 2 heteroatoms. The molecule has 0 amide bonds. The third kappa shape index (κ3) is 2.94. The van der Waals surface area contributed by atoms with Gasteiger partial charge in [0.25, 0.3) is 0 Å². The monoisotopic (exact) mass is 490 g/mol. The number of benzene rings is 1.